The molecule has 0 spiro atoms. The highest BCUT2D eigenvalue weighted by Crippen LogP contribution is 2.23. The number of nitrogens with one attached hydrogen (secondary N) is 1. The minimum absolute atomic E-state index is 0.0795. The van der Waals surface area contributed by atoms with Crippen molar-refractivity contribution in [2.45, 2.75) is 13.0 Å². The number of hydrogen-bond donors (Lipinski definition) is 1. The summed E-state index contributed by atoms with van der Waals surface area (Å²) in [5.74, 6) is 2.11. The van der Waals surface area contributed by atoms with Crippen LogP contribution in [0.5, 0.6) is 11.5 Å². The van der Waals surface area contributed by atoms with Gasteiger partial charge in [-0.05, 0) is 42.0 Å². The molecule has 1 N–H and O–H groups in total. The molecule has 0 saturated carbocycles. The maximum atomic E-state index is 12.1. The summed E-state index contributed by atoms with van der Waals surface area (Å²) >= 11 is 0. The van der Waals surface area contributed by atoms with Crippen molar-refractivity contribution in [2.75, 3.05) is 14.2 Å². The van der Waals surface area contributed by atoms with E-state index in [1.165, 1.54) is 0 Å². The predicted octanol–water partition coefficient (Wildman–Crippen LogP) is 3.22. The van der Waals surface area contributed by atoms with Crippen LogP contribution in [0.15, 0.2) is 59.1 Å². The fourth-order valence-corrected chi connectivity index (χ4v) is 2.47. The molecule has 0 bridgehead atoms. The maximum Gasteiger partial charge on any atom is 0.224 e. The van der Waals surface area contributed by atoms with Gasteiger partial charge in [-0.3, -0.25) is 4.79 Å². The lowest BCUT2D eigenvalue weighted by atomic mass is 10.1. The standard InChI is InChI=1S/C20H20N2O4/c1-24-17-7-3-14(4-8-17)11-20(23)21-13-16-12-19(26-22-16)15-5-9-18(25-2)10-6-15/h3-10,12H,11,13H2,1-2H3,(H,21,23). The van der Waals surface area contributed by atoms with Crippen molar-refractivity contribution < 1.29 is 18.8 Å². The van der Waals surface area contributed by atoms with Crippen molar-refractivity contribution in [3.8, 4) is 22.8 Å². The molecule has 2 aromatic carbocycles. The number of ether oxygens (including phenoxy) is 2. The van der Waals surface area contributed by atoms with E-state index >= 15 is 0 Å². The first-order valence-corrected chi connectivity index (χ1v) is 8.17. The van der Waals surface area contributed by atoms with Crippen LogP contribution in [0.2, 0.25) is 0 Å². The fourth-order valence-electron chi connectivity index (χ4n) is 2.47. The third kappa shape index (κ3) is 4.42. The molecule has 0 radical (unpaired) electrons. The molecule has 3 rings (SSSR count). The molecule has 0 unspecified atom stereocenters. The van der Waals surface area contributed by atoms with E-state index in [9.17, 15) is 4.79 Å². The van der Waals surface area contributed by atoms with E-state index in [0.717, 1.165) is 22.6 Å². The first kappa shape index (κ1) is 17.5. The van der Waals surface area contributed by atoms with Crippen LogP contribution in [0.25, 0.3) is 11.3 Å². The number of carbonyl (C=O) groups is 1. The van der Waals surface area contributed by atoms with Gasteiger partial charge in [0.2, 0.25) is 5.91 Å². The molecule has 0 saturated heterocycles. The molecular weight excluding hydrogens is 332 g/mol. The minimum atomic E-state index is -0.0795. The summed E-state index contributed by atoms with van der Waals surface area (Å²) in [6.07, 6.45) is 0.299. The van der Waals surface area contributed by atoms with E-state index in [1.807, 2.05) is 54.6 Å². The van der Waals surface area contributed by atoms with Crippen molar-refractivity contribution in [3.05, 3.63) is 65.9 Å². The Morgan fingerprint density at radius 1 is 1.00 bits per heavy atom. The maximum absolute atomic E-state index is 12.1. The van der Waals surface area contributed by atoms with Crippen LogP contribution in [0, 0.1) is 0 Å². The molecule has 134 valence electrons. The topological polar surface area (TPSA) is 73.6 Å². The number of nitrogens with zero attached hydrogens (tertiary/aromatic N) is 1. The summed E-state index contributed by atoms with van der Waals surface area (Å²) < 4.78 is 15.6. The predicted molar refractivity (Wildman–Crippen MR) is 97.0 cm³/mol. The first-order valence-electron chi connectivity index (χ1n) is 8.17. The molecule has 6 heteroatoms. The molecule has 0 aliphatic rings. The Bertz CT molecular complexity index is 854. The van der Waals surface area contributed by atoms with Gasteiger partial charge in [0.05, 0.1) is 27.2 Å². The zero-order valence-corrected chi connectivity index (χ0v) is 14.7. The van der Waals surface area contributed by atoms with E-state index < -0.39 is 0 Å². The SMILES string of the molecule is COc1ccc(CC(=O)NCc2cc(-c3ccc(OC)cc3)on2)cc1. The molecule has 1 aromatic heterocycles. The van der Waals surface area contributed by atoms with Crippen molar-refractivity contribution >= 4 is 5.91 Å². The van der Waals surface area contributed by atoms with Gasteiger partial charge < -0.3 is 19.3 Å². The number of carbonyl (C=O) groups excluding carboxylic acids is 1. The highest BCUT2D eigenvalue weighted by atomic mass is 16.5. The quantitative estimate of drug-likeness (QED) is 0.707. The van der Waals surface area contributed by atoms with E-state index in [4.69, 9.17) is 14.0 Å². The first-order chi connectivity index (χ1) is 12.7. The number of hydrogen-bond acceptors (Lipinski definition) is 5. The summed E-state index contributed by atoms with van der Waals surface area (Å²) in [7, 11) is 3.23. The lowest BCUT2D eigenvalue weighted by Gasteiger charge is -2.04. The lowest BCUT2D eigenvalue weighted by molar-refractivity contribution is -0.120. The van der Waals surface area contributed by atoms with Crippen LogP contribution in [-0.2, 0) is 17.8 Å². The second kappa shape index (κ2) is 8.20. The number of methoxy groups -OCH3 is 2. The highest BCUT2D eigenvalue weighted by molar-refractivity contribution is 5.78. The van der Waals surface area contributed by atoms with Gasteiger partial charge in [0, 0.05) is 11.6 Å². The Labute approximate surface area is 151 Å². The lowest BCUT2D eigenvalue weighted by Crippen LogP contribution is -2.24. The molecule has 6 nitrogen and oxygen atoms in total. The van der Waals surface area contributed by atoms with Gasteiger partial charge >= 0.3 is 0 Å². The van der Waals surface area contributed by atoms with Crippen LogP contribution < -0.4 is 14.8 Å². The van der Waals surface area contributed by atoms with Crippen molar-refractivity contribution in [1.82, 2.24) is 10.5 Å². The molecule has 0 fully saturated rings. The Kier molecular flexibility index (Phi) is 5.53. The Balaban J connectivity index is 1.54. The largest absolute Gasteiger partial charge is 0.497 e. The average molecular weight is 352 g/mol. The van der Waals surface area contributed by atoms with Gasteiger partial charge in [0.15, 0.2) is 5.76 Å². The van der Waals surface area contributed by atoms with Crippen molar-refractivity contribution in [1.29, 1.82) is 0 Å². The number of amides is 1. The van der Waals surface area contributed by atoms with Crippen LogP contribution in [0.1, 0.15) is 11.3 Å². The Morgan fingerprint density at radius 3 is 2.23 bits per heavy atom. The van der Waals surface area contributed by atoms with Gasteiger partial charge in [-0.1, -0.05) is 17.3 Å². The highest BCUT2D eigenvalue weighted by Gasteiger charge is 2.09. The molecule has 1 heterocycles. The van der Waals surface area contributed by atoms with Gasteiger partial charge in [-0.2, -0.15) is 0 Å². The Morgan fingerprint density at radius 2 is 1.62 bits per heavy atom. The summed E-state index contributed by atoms with van der Waals surface area (Å²) in [4.78, 5) is 12.1. The molecule has 0 aliphatic carbocycles. The van der Waals surface area contributed by atoms with E-state index in [1.54, 1.807) is 14.2 Å². The van der Waals surface area contributed by atoms with Crippen molar-refractivity contribution in [2.24, 2.45) is 0 Å². The zero-order valence-electron chi connectivity index (χ0n) is 14.7. The summed E-state index contributed by atoms with van der Waals surface area (Å²) in [6.45, 7) is 0.314. The average Bonchev–Trinajstić information content (AvgIpc) is 3.16. The summed E-state index contributed by atoms with van der Waals surface area (Å²) in [6, 6.07) is 16.7. The number of benzene rings is 2. The van der Waals surface area contributed by atoms with E-state index in [-0.39, 0.29) is 5.91 Å². The Hall–Kier alpha value is -3.28. The molecule has 0 atom stereocenters. The second-order valence-electron chi connectivity index (χ2n) is 5.71. The van der Waals surface area contributed by atoms with Crippen LogP contribution in [-0.4, -0.2) is 25.3 Å². The monoisotopic (exact) mass is 352 g/mol. The fraction of sp³-hybridized carbons (Fsp3) is 0.200. The summed E-state index contributed by atoms with van der Waals surface area (Å²) in [5.41, 5.74) is 2.48. The second-order valence-corrected chi connectivity index (χ2v) is 5.71. The third-order valence-corrected chi connectivity index (χ3v) is 3.92. The molecule has 0 aliphatic heterocycles. The van der Waals surface area contributed by atoms with Gasteiger partial charge in [0.25, 0.3) is 0 Å². The van der Waals surface area contributed by atoms with Crippen LogP contribution >= 0.6 is 0 Å². The van der Waals surface area contributed by atoms with Crippen molar-refractivity contribution in [3.63, 3.8) is 0 Å². The molecule has 26 heavy (non-hydrogen) atoms. The number of rotatable bonds is 7. The van der Waals surface area contributed by atoms with Crippen LogP contribution in [0.3, 0.4) is 0 Å². The van der Waals surface area contributed by atoms with E-state index in [0.29, 0.717) is 24.4 Å². The van der Waals surface area contributed by atoms with E-state index in [2.05, 4.69) is 10.5 Å². The molecular formula is C20H20N2O4. The van der Waals surface area contributed by atoms with Crippen LogP contribution in [0.4, 0.5) is 0 Å². The zero-order chi connectivity index (χ0) is 18.4. The molecule has 1 amide bonds. The van der Waals surface area contributed by atoms with Gasteiger partial charge in [0.1, 0.15) is 17.2 Å². The summed E-state index contributed by atoms with van der Waals surface area (Å²) in [5, 5.41) is 6.85. The normalized spacial score (nSPS) is 10.4. The number of aromatic nitrogens is 1. The van der Waals surface area contributed by atoms with Gasteiger partial charge in [-0.15, -0.1) is 0 Å². The minimum Gasteiger partial charge on any atom is -0.497 e. The molecule has 3 aromatic rings. The smallest absolute Gasteiger partial charge is 0.224 e. The van der Waals surface area contributed by atoms with Gasteiger partial charge in [-0.25, -0.2) is 0 Å². The third-order valence-electron chi connectivity index (χ3n) is 3.92.